The Morgan fingerprint density at radius 1 is 0.889 bits per heavy atom. The highest BCUT2D eigenvalue weighted by Crippen LogP contribution is 2.32. The van der Waals surface area contributed by atoms with Crippen LogP contribution in [0.3, 0.4) is 0 Å². The molecule has 1 aromatic heterocycles. The standard InChI is InChI=1S/C22H20F5N3O4S2/c1-33-14-4-3-12(10-15(14)34-2)9-13-11-35-22(28-13)29-5-7-30(8-6-29)36(31,32)21-19(26)17(24)16(23)18(25)20(21)27/h3-4,10-11H,5-9H2,1-2H3. The normalized spacial score (nSPS) is 14.8. The van der Waals surface area contributed by atoms with Crippen molar-refractivity contribution in [2.75, 3.05) is 45.3 Å². The molecule has 0 unspecified atom stereocenters. The van der Waals surface area contributed by atoms with Crippen LogP contribution >= 0.6 is 11.3 Å². The summed E-state index contributed by atoms with van der Waals surface area (Å²) in [5.74, 6) is -10.6. The van der Waals surface area contributed by atoms with Gasteiger partial charge in [0.15, 0.2) is 44.8 Å². The lowest BCUT2D eigenvalue weighted by Crippen LogP contribution is -2.49. The third-order valence-electron chi connectivity index (χ3n) is 5.65. The highest BCUT2D eigenvalue weighted by molar-refractivity contribution is 7.89. The molecular formula is C22H20F5N3O4S2. The van der Waals surface area contributed by atoms with E-state index in [9.17, 15) is 30.4 Å². The van der Waals surface area contributed by atoms with E-state index < -0.39 is 44.0 Å². The van der Waals surface area contributed by atoms with Gasteiger partial charge >= 0.3 is 0 Å². The summed E-state index contributed by atoms with van der Waals surface area (Å²) >= 11 is 1.34. The number of rotatable bonds is 7. The van der Waals surface area contributed by atoms with Crippen molar-refractivity contribution >= 4 is 26.5 Å². The zero-order valence-corrected chi connectivity index (χ0v) is 20.7. The fraction of sp³-hybridized carbons (Fsp3) is 0.318. The van der Waals surface area contributed by atoms with Crippen molar-refractivity contribution in [3.8, 4) is 11.5 Å². The van der Waals surface area contributed by atoms with E-state index in [4.69, 9.17) is 9.47 Å². The molecule has 0 atom stereocenters. The second-order valence-electron chi connectivity index (χ2n) is 7.78. The van der Waals surface area contributed by atoms with Gasteiger partial charge in [-0.15, -0.1) is 11.3 Å². The Balaban J connectivity index is 1.46. The Morgan fingerprint density at radius 2 is 1.47 bits per heavy atom. The van der Waals surface area contributed by atoms with E-state index in [0.717, 1.165) is 11.3 Å². The first-order chi connectivity index (χ1) is 17.1. The number of nitrogens with zero attached hydrogens (tertiary/aromatic N) is 3. The average Bonchev–Trinajstić information content (AvgIpc) is 3.34. The molecule has 0 bridgehead atoms. The highest BCUT2D eigenvalue weighted by atomic mass is 32.2. The lowest BCUT2D eigenvalue weighted by atomic mass is 10.1. The molecule has 0 saturated carbocycles. The van der Waals surface area contributed by atoms with Gasteiger partial charge in [0.2, 0.25) is 15.8 Å². The Labute approximate surface area is 207 Å². The number of piperazine rings is 1. The molecular weight excluding hydrogens is 529 g/mol. The van der Waals surface area contributed by atoms with Gasteiger partial charge in [0.25, 0.3) is 0 Å². The molecule has 2 aromatic carbocycles. The van der Waals surface area contributed by atoms with Crippen molar-refractivity contribution in [2.24, 2.45) is 0 Å². The van der Waals surface area contributed by atoms with Crippen molar-refractivity contribution in [3.63, 3.8) is 0 Å². The Kier molecular flexibility index (Phi) is 7.38. The third kappa shape index (κ3) is 4.72. The monoisotopic (exact) mass is 549 g/mol. The number of ether oxygens (including phenoxy) is 2. The summed E-state index contributed by atoms with van der Waals surface area (Å²) in [6, 6.07) is 5.50. The summed E-state index contributed by atoms with van der Waals surface area (Å²) in [6.07, 6.45) is 0.505. The van der Waals surface area contributed by atoms with E-state index in [1.807, 2.05) is 17.5 Å². The van der Waals surface area contributed by atoms with Gasteiger partial charge in [0.05, 0.1) is 19.9 Å². The maximum absolute atomic E-state index is 14.1. The van der Waals surface area contributed by atoms with Crippen molar-refractivity contribution in [3.05, 3.63) is 63.9 Å². The van der Waals surface area contributed by atoms with E-state index in [-0.39, 0.29) is 26.2 Å². The van der Waals surface area contributed by atoms with E-state index in [0.29, 0.717) is 27.4 Å². The van der Waals surface area contributed by atoms with Gasteiger partial charge in [-0.2, -0.15) is 4.31 Å². The Hall–Kier alpha value is -2.97. The molecule has 2 heterocycles. The van der Waals surface area contributed by atoms with Gasteiger partial charge in [-0.25, -0.2) is 35.4 Å². The topological polar surface area (TPSA) is 72.0 Å². The van der Waals surface area contributed by atoms with Gasteiger partial charge in [0.1, 0.15) is 0 Å². The molecule has 0 radical (unpaired) electrons. The van der Waals surface area contributed by atoms with Crippen LogP contribution in [0, 0.1) is 29.1 Å². The van der Waals surface area contributed by atoms with Crippen LogP contribution in [0.15, 0.2) is 28.5 Å². The van der Waals surface area contributed by atoms with E-state index in [1.54, 1.807) is 18.1 Å². The predicted octanol–water partition coefficient (Wildman–Crippen LogP) is 3.96. The van der Waals surface area contributed by atoms with Crippen molar-refractivity contribution in [1.29, 1.82) is 0 Å². The van der Waals surface area contributed by atoms with Crippen LogP contribution in [-0.4, -0.2) is 58.1 Å². The van der Waals surface area contributed by atoms with Crippen LogP contribution in [0.5, 0.6) is 11.5 Å². The fourth-order valence-electron chi connectivity index (χ4n) is 3.78. The van der Waals surface area contributed by atoms with E-state index in [1.165, 1.54) is 18.4 Å². The number of sulfonamides is 1. The molecule has 7 nitrogen and oxygen atoms in total. The zero-order chi connectivity index (χ0) is 26.2. The van der Waals surface area contributed by atoms with Crippen LogP contribution < -0.4 is 14.4 Å². The zero-order valence-electron chi connectivity index (χ0n) is 19.0. The second-order valence-corrected chi connectivity index (χ2v) is 10.5. The number of aromatic nitrogens is 1. The molecule has 36 heavy (non-hydrogen) atoms. The minimum atomic E-state index is -4.97. The smallest absolute Gasteiger partial charge is 0.249 e. The van der Waals surface area contributed by atoms with Crippen molar-refractivity contribution in [1.82, 2.24) is 9.29 Å². The number of anilines is 1. The molecule has 0 spiro atoms. The lowest BCUT2D eigenvalue weighted by Gasteiger charge is -2.33. The molecule has 1 aliphatic heterocycles. The van der Waals surface area contributed by atoms with Crippen molar-refractivity contribution in [2.45, 2.75) is 11.3 Å². The molecule has 194 valence electrons. The number of thiazole rings is 1. The third-order valence-corrected chi connectivity index (χ3v) is 8.52. The molecule has 4 rings (SSSR count). The summed E-state index contributed by atoms with van der Waals surface area (Å²) in [5, 5.41) is 2.46. The van der Waals surface area contributed by atoms with Crippen LogP contribution in [0.1, 0.15) is 11.3 Å². The molecule has 0 aliphatic carbocycles. The van der Waals surface area contributed by atoms with Gasteiger partial charge in [-0.1, -0.05) is 6.07 Å². The summed E-state index contributed by atoms with van der Waals surface area (Å²) in [6.45, 7) is -0.241. The maximum atomic E-state index is 14.1. The molecule has 1 aliphatic rings. The minimum absolute atomic E-state index is 0.109. The minimum Gasteiger partial charge on any atom is -0.493 e. The van der Waals surface area contributed by atoms with Gasteiger partial charge in [-0.05, 0) is 17.7 Å². The Bertz CT molecular complexity index is 1360. The molecule has 1 saturated heterocycles. The van der Waals surface area contributed by atoms with E-state index in [2.05, 4.69) is 4.98 Å². The number of halogens is 5. The van der Waals surface area contributed by atoms with Crippen molar-refractivity contribution < 1.29 is 39.8 Å². The van der Waals surface area contributed by atoms with Gasteiger partial charge in [-0.3, -0.25) is 0 Å². The number of hydrogen-bond acceptors (Lipinski definition) is 7. The Morgan fingerprint density at radius 3 is 2.06 bits per heavy atom. The number of hydrogen-bond donors (Lipinski definition) is 0. The SMILES string of the molecule is COc1ccc(Cc2csc(N3CCN(S(=O)(=O)c4c(F)c(F)c(F)c(F)c4F)CC3)n2)cc1OC. The maximum Gasteiger partial charge on any atom is 0.249 e. The fourth-order valence-corrected chi connectivity index (χ4v) is 6.20. The van der Waals surface area contributed by atoms with Crippen LogP contribution in [0.4, 0.5) is 27.1 Å². The van der Waals surface area contributed by atoms with Crippen LogP contribution in [-0.2, 0) is 16.4 Å². The molecule has 14 heteroatoms. The second kappa shape index (κ2) is 10.2. The van der Waals surface area contributed by atoms with E-state index >= 15 is 0 Å². The van der Waals surface area contributed by atoms with Crippen LogP contribution in [0.2, 0.25) is 0 Å². The first kappa shape index (κ1) is 26.1. The summed E-state index contributed by atoms with van der Waals surface area (Å²) in [4.78, 5) is 4.51. The largest absolute Gasteiger partial charge is 0.493 e. The number of benzene rings is 2. The first-order valence-electron chi connectivity index (χ1n) is 10.5. The van der Waals surface area contributed by atoms with Crippen LogP contribution in [0.25, 0.3) is 0 Å². The quantitative estimate of drug-likeness (QED) is 0.253. The average molecular weight is 550 g/mol. The lowest BCUT2D eigenvalue weighted by molar-refractivity contribution is 0.344. The highest BCUT2D eigenvalue weighted by Gasteiger charge is 2.38. The van der Waals surface area contributed by atoms with Gasteiger partial charge < -0.3 is 14.4 Å². The molecule has 0 N–H and O–H groups in total. The number of methoxy groups -OCH3 is 2. The van der Waals surface area contributed by atoms with Gasteiger partial charge in [0, 0.05) is 38.0 Å². The summed E-state index contributed by atoms with van der Waals surface area (Å²) in [7, 11) is -1.89. The molecule has 3 aromatic rings. The summed E-state index contributed by atoms with van der Waals surface area (Å²) < 4.78 is 105. The first-order valence-corrected chi connectivity index (χ1v) is 12.8. The molecule has 1 fully saturated rings. The summed E-state index contributed by atoms with van der Waals surface area (Å²) in [5.41, 5.74) is 1.70. The molecule has 0 amide bonds. The predicted molar refractivity (Wildman–Crippen MR) is 122 cm³/mol.